The predicted octanol–water partition coefficient (Wildman–Crippen LogP) is 3.61. The van der Waals surface area contributed by atoms with Gasteiger partial charge in [-0.05, 0) is 46.3 Å². The summed E-state index contributed by atoms with van der Waals surface area (Å²) in [6.07, 6.45) is -0.716. The van der Waals surface area contributed by atoms with Gasteiger partial charge in [0, 0.05) is 10.4 Å². The maximum absolute atomic E-state index is 10.4. The maximum atomic E-state index is 10.4. The standard InChI is InChI=1S/C13H13BrO3S/c1-16-8-3-4-10(17-2)9(7-8)13(15)11-5-6-12(14)18-11/h3-7,13,15H,1-2H3. The van der Waals surface area contributed by atoms with Crippen LogP contribution in [0.25, 0.3) is 0 Å². The lowest BCUT2D eigenvalue weighted by atomic mass is 10.1. The SMILES string of the molecule is COc1ccc(OC)c(C(O)c2ccc(Br)s2)c1. The van der Waals surface area contributed by atoms with Crippen LogP contribution in [0.1, 0.15) is 16.5 Å². The van der Waals surface area contributed by atoms with Gasteiger partial charge in [0.15, 0.2) is 0 Å². The molecule has 18 heavy (non-hydrogen) atoms. The first-order chi connectivity index (χ1) is 8.65. The van der Waals surface area contributed by atoms with Crippen molar-refractivity contribution in [2.75, 3.05) is 14.2 Å². The van der Waals surface area contributed by atoms with Crippen molar-refractivity contribution in [3.8, 4) is 11.5 Å². The van der Waals surface area contributed by atoms with Gasteiger partial charge in [-0.15, -0.1) is 11.3 Å². The van der Waals surface area contributed by atoms with Crippen molar-refractivity contribution in [2.24, 2.45) is 0 Å². The van der Waals surface area contributed by atoms with Crippen LogP contribution in [0.5, 0.6) is 11.5 Å². The summed E-state index contributed by atoms with van der Waals surface area (Å²) < 4.78 is 11.4. The molecule has 0 radical (unpaired) electrons. The topological polar surface area (TPSA) is 38.7 Å². The summed E-state index contributed by atoms with van der Waals surface area (Å²) in [7, 11) is 3.18. The Bertz CT molecular complexity index is 539. The largest absolute Gasteiger partial charge is 0.497 e. The number of hydrogen-bond acceptors (Lipinski definition) is 4. The summed E-state index contributed by atoms with van der Waals surface area (Å²) >= 11 is 4.88. The minimum absolute atomic E-state index is 0.646. The van der Waals surface area contributed by atoms with E-state index in [0.29, 0.717) is 17.1 Å². The summed E-state index contributed by atoms with van der Waals surface area (Å²) in [5, 5.41) is 10.4. The molecule has 2 rings (SSSR count). The Kier molecular flexibility index (Phi) is 4.27. The van der Waals surface area contributed by atoms with Crippen molar-refractivity contribution in [1.82, 2.24) is 0 Å². The van der Waals surface area contributed by atoms with Crippen molar-refractivity contribution in [3.05, 3.63) is 44.6 Å². The Morgan fingerprint density at radius 2 is 1.94 bits per heavy atom. The van der Waals surface area contributed by atoms with Crippen LogP contribution < -0.4 is 9.47 Å². The van der Waals surface area contributed by atoms with Gasteiger partial charge in [0.2, 0.25) is 0 Å². The lowest BCUT2D eigenvalue weighted by Crippen LogP contribution is -2.01. The summed E-state index contributed by atoms with van der Waals surface area (Å²) in [6, 6.07) is 9.19. The smallest absolute Gasteiger partial charge is 0.125 e. The molecule has 0 aliphatic rings. The van der Waals surface area contributed by atoms with Crippen molar-refractivity contribution >= 4 is 27.3 Å². The fraction of sp³-hybridized carbons (Fsp3) is 0.231. The van der Waals surface area contributed by atoms with Gasteiger partial charge in [-0.2, -0.15) is 0 Å². The van der Waals surface area contributed by atoms with Gasteiger partial charge in [-0.3, -0.25) is 0 Å². The molecule has 0 amide bonds. The molecule has 0 saturated heterocycles. The van der Waals surface area contributed by atoms with Crippen molar-refractivity contribution < 1.29 is 14.6 Å². The first-order valence-electron chi connectivity index (χ1n) is 5.31. The summed E-state index contributed by atoms with van der Waals surface area (Å²) in [5.41, 5.74) is 0.700. The summed E-state index contributed by atoms with van der Waals surface area (Å²) in [6.45, 7) is 0. The lowest BCUT2D eigenvalue weighted by Gasteiger charge is -2.14. The average Bonchev–Trinajstić information content (AvgIpc) is 2.83. The van der Waals surface area contributed by atoms with E-state index in [4.69, 9.17) is 9.47 Å². The lowest BCUT2D eigenvalue weighted by molar-refractivity contribution is 0.218. The number of halogens is 1. The second kappa shape index (κ2) is 5.73. The fourth-order valence-electron chi connectivity index (χ4n) is 1.68. The highest BCUT2D eigenvalue weighted by atomic mass is 79.9. The second-order valence-electron chi connectivity index (χ2n) is 3.65. The van der Waals surface area contributed by atoms with Gasteiger partial charge in [-0.25, -0.2) is 0 Å². The molecular formula is C13H13BrO3S. The van der Waals surface area contributed by atoms with Gasteiger partial charge in [0.05, 0.1) is 18.0 Å². The van der Waals surface area contributed by atoms with Gasteiger partial charge < -0.3 is 14.6 Å². The first kappa shape index (κ1) is 13.4. The Morgan fingerprint density at radius 1 is 1.17 bits per heavy atom. The number of methoxy groups -OCH3 is 2. The molecule has 1 aromatic heterocycles. The Morgan fingerprint density at radius 3 is 2.50 bits per heavy atom. The molecular weight excluding hydrogens is 316 g/mol. The van der Waals surface area contributed by atoms with Crippen LogP contribution >= 0.6 is 27.3 Å². The zero-order valence-electron chi connectivity index (χ0n) is 10.0. The fourth-order valence-corrected chi connectivity index (χ4v) is 3.11. The number of ether oxygens (including phenoxy) is 2. The van der Waals surface area contributed by atoms with Gasteiger partial charge >= 0.3 is 0 Å². The van der Waals surface area contributed by atoms with E-state index in [9.17, 15) is 5.11 Å². The molecule has 0 bridgehead atoms. The highest BCUT2D eigenvalue weighted by molar-refractivity contribution is 9.11. The quantitative estimate of drug-likeness (QED) is 0.931. The zero-order chi connectivity index (χ0) is 13.1. The number of rotatable bonds is 4. The number of thiophene rings is 1. The third kappa shape index (κ3) is 2.68. The molecule has 3 nitrogen and oxygen atoms in total. The number of hydrogen-bond donors (Lipinski definition) is 1. The minimum atomic E-state index is -0.716. The molecule has 2 aromatic rings. The number of benzene rings is 1. The molecule has 1 heterocycles. The summed E-state index contributed by atoms with van der Waals surface area (Å²) in [4.78, 5) is 0.855. The van der Waals surface area contributed by atoms with Crippen LogP contribution in [0.15, 0.2) is 34.1 Å². The highest BCUT2D eigenvalue weighted by Crippen LogP contribution is 2.36. The average molecular weight is 329 g/mol. The highest BCUT2D eigenvalue weighted by Gasteiger charge is 2.18. The molecule has 0 aliphatic carbocycles. The van der Waals surface area contributed by atoms with Crippen LogP contribution in [-0.2, 0) is 0 Å². The molecule has 96 valence electrons. The molecule has 0 spiro atoms. The van der Waals surface area contributed by atoms with Crippen LogP contribution in [0.4, 0.5) is 0 Å². The molecule has 0 fully saturated rings. The molecule has 0 saturated carbocycles. The van der Waals surface area contributed by atoms with Crippen LogP contribution in [0, 0.1) is 0 Å². The minimum Gasteiger partial charge on any atom is -0.497 e. The van der Waals surface area contributed by atoms with E-state index in [1.807, 2.05) is 12.1 Å². The number of aliphatic hydroxyl groups excluding tert-OH is 1. The van der Waals surface area contributed by atoms with Crippen molar-refractivity contribution in [1.29, 1.82) is 0 Å². The second-order valence-corrected chi connectivity index (χ2v) is 6.15. The van der Waals surface area contributed by atoms with Crippen molar-refractivity contribution in [3.63, 3.8) is 0 Å². The molecule has 5 heteroatoms. The first-order valence-corrected chi connectivity index (χ1v) is 6.92. The normalized spacial score (nSPS) is 12.2. The van der Waals surface area contributed by atoms with Crippen LogP contribution in [0.3, 0.4) is 0 Å². The molecule has 1 atom stereocenters. The van der Waals surface area contributed by atoms with E-state index in [1.54, 1.807) is 32.4 Å². The van der Waals surface area contributed by atoms with E-state index in [0.717, 1.165) is 8.66 Å². The third-order valence-corrected chi connectivity index (χ3v) is 4.27. The van der Waals surface area contributed by atoms with Crippen LogP contribution in [-0.4, -0.2) is 19.3 Å². The predicted molar refractivity (Wildman–Crippen MR) is 75.6 cm³/mol. The van der Waals surface area contributed by atoms with E-state index < -0.39 is 6.10 Å². The van der Waals surface area contributed by atoms with E-state index in [1.165, 1.54) is 11.3 Å². The Hall–Kier alpha value is -1.04. The molecule has 0 aliphatic heterocycles. The van der Waals surface area contributed by atoms with E-state index >= 15 is 0 Å². The maximum Gasteiger partial charge on any atom is 0.125 e. The van der Waals surface area contributed by atoms with Gasteiger partial charge in [0.25, 0.3) is 0 Å². The zero-order valence-corrected chi connectivity index (χ0v) is 12.4. The molecule has 1 aromatic carbocycles. The molecule has 1 N–H and O–H groups in total. The van der Waals surface area contributed by atoms with E-state index in [2.05, 4.69) is 15.9 Å². The van der Waals surface area contributed by atoms with Crippen molar-refractivity contribution in [2.45, 2.75) is 6.10 Å². The third-order valence-electron chi connectivity index (χ3n) is 2.59. The summed E-state index contributed by atoms with van der Waals surface area (Å²) in [5.74, 6) is 1.34. The van der Waals surface area contributed by atoms with Crippen LogP contribution in [0.2, 0.25) is 0 Å². The van der Waals surface area contributed by atoms with Gasteiger partial charge in [-0.1, -0.05) is 0 Å². The van der Waals surface area contributed by atoms with E-state index in [-0.39, 0.29) is 0 Å². The van der Waals surface area contributed by atoms with Gasteiger partial charge in [0.1, 0.15) is 17.6 Å². The number of aliphatic hydroxyl groups is 1. The monoisotopic (exact) mass is 328 g/mol. The Balaban J connectivity index is 2.41. The molecule has 1 unspecified atom stereocenters. The Labute approximate surface area is 118 Å².